The number of nitrogens with one attached hydrogen (secondary N) is 1. The van der Waals surface area contributed by atoms with Gasteiger partial charge in [-0.25, -0.2) is 0 Å². The molecule has 1 aliphatic heterocycles. The standard InChI is InChI=1S/C17H20N2O2/c1-12-2-4-13(5-3-12)10-15(19-18)14-6-7-16-17(11-14)21-9-8-20-16/h2-7,11,15,19H,8-10,18H2,1H3. The molecular formula is C17H20N2O2. The summed E-state index contributed by atoms with van der Waals surface area (Å²) in [6, 6.07) is 14.5. The van der Waals surface area contributed by atoms with E-state index in [0.29, 0.717) is 13.2 Å². The van der Waals surface area contributed by atoms with E-state index >= 15 is 0 Å². The molecule has 2 aromatic rings. The molecule has 21 heavy (non-hydrogen) atoms. The molecule has 0 aromatic heterocycles. The second kappa shape index (κ2) is 6.16. The van der Waals surface area contributed by atoms with E-state index in [1.807, 2.05) is 18.2 Å². The summed E-state index contributed by atoms with van der Waals surface area (Å²) in [5, 5.41) is 0. The van der Waals surface area contributed by atoms with Crippen molar-refractivity contribution in [2.75, 3.05) is 13.2 Å². The maximum atomic E-state index is 5.74. The highest BCUT2D eigenvalue weighted by molar-refractivity contribution is 5.45. The molecule has 1 heterocycles. The number of rotatable bonds is 4. The molecular weight excluding hydrogens is 264 g/mol. The van der Waals surface area contributed by atoms with E-state index in [1.54, 1.807) is 0 Å². The largest absolute Gasteiger partial charge is 0.486 e. The van der Waals surface area contributed by atoms with E-state index in [0.717, 1.165) is 23.5 Å². The fourth-order valence-corrected chi connectivity index (χ4v) is 2.51. The highest BCUT2D eigenvalue weighted by Gasteiger charge is 2.16. The van der Waals surface area contributed by atoms with Gasteiger partial charge in [0.15, 0.2) is 11.5 Å². The summed E-state index contributed by atoms with van der Waals surface area (Å²) < 4.78 is 11.2. The lowest BCUT2D eigenvalue weighted by Gasteiger charge is -2.22. The van der Waals surface area contributed by atoms with Gasteiger partial charge in [-0.2, -0.15) is 0 Å². The Kier molecular flexibility index (Phi) is 4.08. The highest BCUT2D eigenvalue weighted by Crippen LogP contribution is 2.33. The van der Waals surface area contributed by atoms with E-state index in [9.17, 15) is 0 Å². The number of ether oxygens (including phenoxy) is 2. The molecule has 3 N–H and O–H groups in total. The number of aryl methyl sites for hydroxylation is 1. The summed E-state index contributed by atoms with van der Waals surface area (Å²) in [6.07, 6.45) is 0.830. The third-order valence-electron chi connectivity index (χ3n) is 3.73. The Labute approximate surface area is 124 Å². The van der Waals surface area contributed by atoms with Crippen molar-refractivity contribution in [3.8, 4) is 11.5 Å². The molecule has 0 aliphatic carbocycles. The summed E-state index contributed by atoms with van der Waals surface area (Å²) in [6.45, 7) is 3.28. The van der Waals surface area contributed by atoms with Crippen molar-refractivity contribution in [3.63, 3.8) is 0 Å². The van der Waals surface area contributed by atoms with Crippen LogP contribution in [-0.2, 0) is 6.42 Å². The third-order valence-corrected chi connectivity index (χ3v) is 3.73. The van der Waals surface area contributed by atoms with Gasteiger partial charge >= 0.3 is 0 Å². The Morgan fingerprint density at radius 1 is 1.05 bits per heavy atom. The number of benzene rings is 2. The Morgan fingerprint density at radius 3 is 2.48 bits per heavy atom. The predicted octanol–water partition coefficient (Wildman–Crippen LogP) is 2.51. The first-order chi connectivity index (χ1) is 10.3. The van der Waals surface area contributed by atoms with Gasteiger partial charge < -0.3 is 9.47 Å². The molecule has 4 nitrogen and oxygen atoms in total. The minimum atomic E-state index is 0.0449. The fraction of sp³-hybridized carbons (Fsp3) is 0.294. The number of hydrogen-bond donors (Lipinski definition) is 2. The van der Waals surface area contributed by atoms with Gasteiger partial charge in [0.1, 0.15) is 13.2 Å². The van der Waals surface area contributed by atoms with Gasteiger partial charge in [-0.15, -0.1) is 0 Å². The number of hydrazine groups is 1. The van der Waals surface area contributed by atoms with Crippen molar-refractivity contribution in [2.24, 2.45) is 5.84 Å². The Balaban J connectivity index is 1.81. The molecule has 0 radical (unpaired) electrons. The van der Waals surface area contributed by atoms with E-state index in [4.69, 9.17) is 15.3 Å². The lowest BCUT2D eigenvalue weighted by atomic mass is 9.98. The van der Waals surface area contributed by atoms with Crippen LogP contribution in [0.15, 0.2) is 42.5 Å². The van der Waals surface area contributed by atoms with Gasteiger partial charge in [0.05, 0.1) is 6.04 Å². The zero-order valence-corrected chi connectivity index (χ0v) is 12.1. The van der Waals surface area contributed by atoms with Crippen molar-refractivity contribution >= 4 is 0 Å². The Bertz CT molecular complexity index is 611. The smallest absolute Gasteiger partial charge is 0.161 e. The monoisotopic (exact) mass is 284 g/mol. The second-order valence-electron chi connectivity index (χ2n) is 5.31. The minimum Gasteiger partial charge on any atom is -0.486 e. The average molecular weight is 284 g/mol. The van der Waals surface area contributed by atoms with Crippen LogP contribution in [0.25, 0.3) is 0 Å². The van der Waals surface area contributed by atoms with Crippen LogP contribution < -0.4 is 20.7 Å². The minimum absolute atomic E-state index is 0.0449. The molecule has 0 fully saturated rings. The predicted molar refractivity (Wildman–Crippen MR) is 82.4 cm³/mol. The van der Waals surface area contributed by atoms with E-state index in [-0.39, 0.29) is 6.04 Å². The summed E-state index contributed by atoms with van der Waals surface area (Å²) in [5.74, 6) is 7.33. The summed E-state index contributed by atoms with van der Waals surface area (Å²) in [4.78, 5) is 0. The van der Waals surface area contributed by atoms with Crippen LogP contribution in [0, 0.1) is 6.92 Å². The molecule has 4 heteroatoms. The first-order valence-electron chi connectivity index (χ1n) is 7.17. The van der Waals surface area contributed by atoms with Crippen LogP contribution in [0.3, 0.4) is 0 Å². The van der Waals surface area contributed by atoms with E-state index in [2.05, 4.69) is 36.6 Å². The molecule has 1 atom stereocenters. The SMILES string of the molecule is Cc1ccc(CC(NN)c2ccc3c(c2)OCCO3)cc1. The van der Waals surface area contributed by atoms with E-state index < -0.39 is 0 Å². The molecule has 110 valence electrons. The van der Waals surface area contributed by atoms with Crippen molar-refractivity contribution in [1.82, 2.24) is 5.43 Å². The summed E-state index contributed by atoms with van der Waals surface area (Å²) >= 11 is 0. The molecule has 0 saturated heterocycles. The van der Waals surface area contributed by atoms with Crippen LogP contribution in [0.2, 0.25) is 0 Å². The van der Waals surface area contributed by atoms with Gasteiger partial charge in [0, 0.05) is 0 Å². The van der Waals surface area contributed by atoms with Gasteiger partial charge in [0.2, 0.25) is 0 Å². The number of fused-ring (bicyclic) bond motifs is 1. The molecule has 0 saturated carbocycles. The zero-order valence-electron chi connectivity index (χ0n) is 12.1. The molecule has 2 aromatic carbocycles. The van der Waals surface area contributed by atoms with Crippen LogP contribution in [0.1, 0.15) is 22.7 Å². The third kappa shape index (κ3) is 3.17. The maximum Gasteiger partial charge on any atom is 0.161 e. The number of nitrogens with two attached hydrogens (primary N) is 1. The van der Waals surface area contributed by atoms with Crippen molar-refractivity contribution in [2.45, 2.75) is 19.4 Å². The first-order valence-corrected chi connectivity index (χ1v) is 7.17. The second-order valence-corrected chi connectivity index (χ2v) is 5.31. The molecule has 1 aliphatic rings. The van der Waals surface area contributed by atoms with Crippen LogP contribution in [0.4, 0.5) is 0 Å². The zero-order chi connectivity index (χ0) is 14.7. The topological polar surface area (TPSA) is 56.5 Å². The summed E-state index contributed by atoms with van der Waals surface area (Å²) in [5.41, 5.74) is 6.50. The van der Waals surface area contributed by atoms with Gasteiger partial charge in [-0.1, -0.05) is 35.9 Å². The van der Waals surface area contributed by atoms with Gasteiger partial charge in [-0.3, -0.25) is 11.3 Å². The molecule has 0 amide bonds. The Hall–Kier alpha value is -2.04. The lowest BCUT2D eigenvalue weighted by Crippen LogP contribution is -2.29. The van der Waals surface area contributed by atoms with Crippen LogP contribution >= 0.6 is 0 Å². The lowest BCUT2D eigenvalue weighted by molar-refractivity contribution is 0.171. The first kappa shape index (κ1) is 13.9. The van der Waals surface area contributed by atoms with Gasteiger partial charge in [-0.05, 0) is 36.6 Å². The molecule has 0 bridgehead atoms. The van der Waals surface area contributed by atoms with Crippen LogP contribution in [-0.4, -0.2) is 13.2 Å². The summed E-state index contributed by atoms with van der Waals surface area (Å²) in [7, 11) is 0. The maximum absolute atomic E-state index is 5.74. The number of hydrogen-bond acceptors (Lipinski definition) is 4. The Morgan fingerprint density at radius 2 is 1.76 bits per heavy atom. The van der Waals surface area contributed by atoms with E-state index in [1.165, 1.54) is 11.1 Å². The van der Waals surface area contributed by atoms with Crippen molar-refractivity contribution in [1.29, 1.82) is 0 Å². The normalized spacial score (nSPS) is 14.8. The van der Waals surface area contributed by atoms with Crippen LogP contribution in [0.5, 0.6) is 11.5 Å². The highest BCUT2D eigenvalue weighted by atomic mass is 16.6. The molecule has 0 spiro atoms. The van der Waals surface area contributed by atoms with Gasteiger partial charge in [0.25, 0.3) is 0 Å². The average Bonchev–Trinajstić information content (AvgIpc) is 2.54. The quantitative estimate of drug-likeness (QED) is 0.669. The fourth-order valence-electron chi connectivity index (χ4n) is 2.51. The van der Waals surface area contributed by atoms with Crippen molar-refractivity contribution < 1.29 is 9.47 Å². The van der Waals surface area contributed by atoms with Crippen molar-refractivity contribution in [3.05, 3.63) is 59.2 Å². The molecule has 1 unspecified atom stereocenters. The molecule has 3 rings (SSSR count).